The van der Waals surface area contributed by atoms with Gasteiger partial charge in [-0.05, 0) is 36.6 Å². The molecule has 2 heterocycles. The molecule has 0 spiro atoms. The molecule has 0 radical (unpaired) electrons. The highest BCUT2D eigenvalue weighted by atomic mass is 32.2. The van der Waals surface area contributed by atoms with Crippen molar-refractivity contribution in [2.24, 2.45) is 0 Å². The van der Waals surface area contributed by atoms with Crippen LogP contribution in [0.1, 0.15) is 10.4 Å². The molecule has 0 bridgehead atoms. The summed E-state index contributed by atoms with van der Waals surface area (Å²) in [5.41, 5.74) is 0.596. The maximum atomic E-state index is 12.7. The van der Waals surface area contributed by atoms with Gasteiger partial charge in [-0.25, -0.2) is 8.42 Å². The third kappa shape index (κ3) is 3.35. The van der Waals surface area contributed by atoms with Crippen molar-refractivity contribution in [1.82, 2.24) is 14.2 Å². The number of carbonyl (C=O) groups is 1. The fraction of sp³-hybridized carbons (Fsp3) is 0.312. The van der Waals surface area contributed by atoms with Crippen LogP contribution in [-0.4, -0.2) is 60.9 Å². The molecule has 24 heavy (non-hydrogen) atoms. The zero-order valence-electron chi connectivity index (χ0n) is 13.3. The summed E-state index contributed by atoms with van der Waals surface area (Å²) in [6, 6.07) is 8.61. The van der Waals surface area contributed by atoms with E-state index >= 15 is 0 Å². The average Bonchev–Trinajstić information content (AvgIpc) is 3.16. The lowest BCUT2D eigenvalue weighted by Crippen LogP contribution is -2.50. The number of rotatable bonds is 4. The topological polar surface area (TPSA) is 73.5 Å². The Balaban J connectivity index is 1.68. The minimum atomic E-state index is -3.51. The van der Waals surface area contributed by atoms with Crippen LogP contribution in [0, 0.1) is 0 Å². The molecule has 8 heteroatoms. The molecule has 1 saturated heterocycles. The number of nitrogens with zero attached hydrogens (tertiary/aromatic N) is 2. The van der Waals surface area contributed by atoms with Crippen molar-refractivity contribution in [1.29, 1.82) is 0 Å². The molecule has 1 fully saturated rings. The molecule has 0 atom stereocenters. The fourth-order valence-corrected chi connectivity index (χ4v) is 4.50. The van der Waals surface area contributed by atoms with Gasteiger partial charge in [0.05, 0.1) is 10.5 Å². The second-order valence-corrected chi connectivity index (χ2v) is 8.29. The van der Waals surface area contributed by atoms with E-state index in [4.69, 9.17) is 0 Å². The number of thioether (sulfide) groups is 1. The van der Waals surface area contributed by atoms with E-state index in [0.29, 0.717) is 36.6 Å². The average molecular weight is 365 g/mol. The SMILES string of the molecule is CSc1ccc(S(=O)(=O)N2CCN(C(=O)c3cc[nH]c3)CC2)cc1. The summed E-state index contributed by atoms with van der Waals surface area (Å²) in [5, 5.41) is 0. The normalized spacial score (nSPS) is 16.3. The van der Waals surface area contributed by atoms with Crippen molar-refractivity contribution in [3.05, 3.63) is 48.3 Å². The zero-order valence-corrected chi connectivity index (χ0v) is 14.9. The Morgan fingerprint density at radius 3 is 2.29 bits per heavy atom. The van der Waals surface area contributed by atoms with Gasteiger partial charge < -0.3 is 9.88 Å². The maximum absolute atomic E-state index is 12.7. The van der Waals surface area contributed by atoms with Crippen molar-refractivity contribution in [2.75, 3.05) is 32.4 Å². The number of hydrogen-bond acceptors (Lipinski definition) is 4. The minimum Gasteiger partial charge on any atom is -0.367 e. The van der Waals surface area contributed by atoms with Crippen LogP contribution < -0.4 is 0 Å². The lowest BCUT2D eigenvalue weighted by Gasteiger charge is -2.33. The summed E-state index contributed by atoms with van der Waals surface area (Å²) in [6.07, 6.45) is 5.30. The maximum Gasteiger partial charge on any atom is 0.255 e. The van der Waals surface area contributed by atoms with Crippen molar-refractivity contribution >= 4 is 27.7 Å². The number of benzene rings is 1. The minimum absolute atomic E-state index is 0.0716. The number of aromatic amines is 1. The van der Waals surface area contributed by atoms with Crippen LogP contribution in [0.25, 0.3) is 0 Å². The number of nitrogens with one attached hydrogen (secondary N) is 1. The van der Waals surface area contributed by atoms with E-state index in [-0.39, 0.29) is 5.91 Å². The molecule has 1 aromatic carbocycles. The Labute approximate surface area is 145 Å². The zero-order chi connectivity index (χ0) is 17.2. The Hall–Kier alpha value is -1.77. The summed E-state index contributed by atoms with van der Waals surface area (Å²) < 4.78 is 26.9. The summed E-state index contributed by atoms with van der Waals surface area (Å²) >= 11 is 1.57. The number of hydrogen-bond donors (Lipinski definition) is 1. The molecule has 1 amide bonds. The van der Waals surface area contributed by atoms with Crippen LogP contribution in [-0.2, 0) is 10.0 Å². The van der Waals surface area contributed by atoms with Crippen molar-refractivity contribution in [3.8, 4) is 0 Å². The van der Waals surface area contributed by atoms with E-state index in [9.17, 15) is 13.2 Å². The Morgan fingerprint density at radius 2 is 1.75 bits per heavy atom. The third-order valence-electron chi connectivity index (χ3n) is 4.07. The van der Waals surface area contributed by atoms with Crippen LogP contribution in [0.4, 0.5) is 0 Å². The van der Waals surface area contributed by atoms with Gasteiger partial charge in [-0.2, -0.15) is 4.31 Å². The Morgan fingerprint density at radius 1 is 1.08 bits per heavy atom. The van der Waals surface area contributed by atoms with E-state index < -0.39 is 10.0 Å². The molecule has 1 N–H and O–H groups in total. The number of piperazine rings is 1. The van der Waals surface area contributed by atoms with Crippen LogP contribution in [0.15, 0.2) is 52.5 Å². The molecule has 6 nitrogen and oxygen atoms in total. The van der Waals surface area contributed by atoms with Gasteiger partial charge in [-0.3, -0.25) is 4.79 Å². The summed E-state index contributed by atoms with van der Waals surface area (Å²) in [4.78, 5) is 18.2. The van der Waals surface area contributed by atoms with Gasteiger partial charge in [0.2, 0.25) is 10.0 Å². The highest BCUT2D eigenvalue weighted by Gasteiger charge is 2.30. The van der Waals surface area contributed by atoms with Gasteiger partial charge in [0.1, 0.15) is 0 Å². The Kier molecular flexibility index (Phi) is 4.98. The van der Waals surface area contributed by atoms with E-state index in [1.165, 1.54) is 4.31 Å². The third-order valence-corrected chi connectivity index (χ3v) is 6.72. The molecule has 2 aromatic rings. The van der Waals surface area contributed by atoms with Crippen molar-refractivity contribution in [2.45, 2.75) is 9.79 Å². The first-order valence-corrected chi connectivity index (χ1v) is 10.2. The second-order valence-electron chi connectivity index (χ2n) is 5.47. The molecule has 1 aliphatic rings. The second kappa shape index (κ2) is 7.00. The Bertz CT molecular complexity index is 794. The largest absolute Gasteiger partial charge is 0.367 e. The van der Waals surface area contributed by atoms with Crippen LogP contribution >= 0.6 is 11.8 Å². The standard InChI is InChI=1S/C16H19N3O3S2/c1-23-14-2-4-15(5-3-14)24(21,22)19-10-8-18(9-11-19)16(20)13-6-7-17-12-13/h2-7,12,17H,8-11H2,1H3. The molecule has 0 saturated carbocycles. The highest BCUT2D eigenvalue weighted by molar-refractivity contribution is 7.98. The number of amides is 1. The first-order valence-electron chi connectivity index (χ1n) is 7.58. The predicted octanol–water partition coefficient (Wildman–Crippen LogP) is 1.88. The van der Waals surface area contributed by atoms with Gasteiger partial charge >= 0.3 is 0 Å². The molecule has 1 aliphatic heterocycles. The fourth-order valence-electron chi connectivity index (χ4n) is 2.67. The first kappa shape index (κ1) is 17.1. The molecular formula is C16H19N3O3S2. The number of carbonyl (C=O) groups excluding carboxylic acids is 1. The van der Waals surface area contributed by atoms with E-state index in [1.807, 2.05) is 18.4 Å². The van der Waals surface area contributed by atoms with Crippen LogP contribution in [0.3, 0.4) is 0 Å². The predicted molar refractivity (Wildman–Crippen MR) is 93.7 cm³/mol. The first-order chi connectivity index (χ1) is 11.5. The van der Waals surface area contributed by atoms with Gasteiger partial charge in [0.25, 0.3) is 5.91 Å². The number of H-pyrrole nitrogens is 1. The molecule has 0 aliphatic carbocycles. The monoisotopic (exact) mass is 365 g/mol. The molecular weight excluding hydrogens is 346 g/mol. The van der Waals surface area contributed by atoms with Crippen LogP contribution in [0.2, 0.25) is 0 Å². The molecule has 128 valence electrons. The molecule has 0 unspecified atom stereocenters. The van der Waals surface area contributed by atoms with Gasteiger partial charge in [-0.1, -0.05) is 0 Å². The molecule has 1 aromatic heterocycles. The number of sulfonamides is 1. The summed E-state index contributed by atoms with van der Waals surface area (Å²) in [5.74, 6) is -0.0716. The molecule has 3 rings (SSSR count). The number of aromatic nitrogens is 1. The van der Waals surface area contributed by atoms with E-state index in [2.05, 4.69) is 4.98 Å². The van der Waals surface area contributed by atoms with Crippen molar-refractivity contribution in [3.63, 3.8) is 0 Å². The van der Waals surface area contributed by atoms with E-state index in [0.717, 1.165) is 4.90 Å². The van der Waals surface area contributed by atoms with Gasteiger partial charge in [-0.15, -0.1) is 11.8 Å². The lowest BCUT2D eigenvalue weighted by molar-refractivity contribution is 0.0698. The summed E-state index contributed by atoms with van der Waals surface area (Å²) in [6.45, 7) is 1.41. The van der Waals surface area contributed by atoms with E-state index in [1.54, 1.807) is 47.3 Å². The van der Waals surface area contributed by atoms with Gasteiger partial charge in [0, 0.05) is 43.5 Å². The lowest BCUT2D eigenvalue weighted by atomic mass is 10.2. The van der Waals surface area contributed by atoms with Crippen LogP contribution in [0.5, 0.6) is 0 Å². The van der Waals surface area contributed by atoms with Gasteiger partial charge in [0.15, 0.2) is 0 Å². The summed E-state index contributed by atoms with van der Waals surface area (Å²) in [7, 11) is -3.51. The quantitative estimate of drug-likeness (QED) is 0.840. The van der Waals surface area contributed by atoms with Crippen molar-refractivity contribution < 1.29 is 13.2 Å². The smallest absolute Gasteiger partial charge is 0.255 e. The highest BCUT2D eigenvalue weighted by Crippen LogP contribution is 2.22.